The number of benzene rings is 1. The summed E-state index contributed by atoms with van der Waals surface area (Å²) < 4.78 is 20.2. The molecule has 0 saturated heterocycles. The van der Waals surface area contributed by atoms with Gasteiger partial charge in [0.1, 0.15) is 17.3 Å². The van der Waals surface area contributed by atoms with Crippen LogP contribution in [0.1, 0.15) is 43.4 Å². The van der Waals surface area contributed by atoms with Crippen molar-refractivity contribution >= 4 is 15.9 Å². The lowest BCUT2D eigenvalue weighted by Gasteiger charge is -2.18. The molecule has 0 spiro atoms. The van der Waals surface area contributed by atoms with Gasteiger partial charge in [-0.05, 0) is 48.9 Å². The quantitative estimate of drug-likeness (QED) is 0.815. The summed E-state index contributed by atoms with van der Waals surface area (Å²) in [5.41, 5.74) is 0.857. The summed E-state index contributed by atoms with van der Waals surface area (Å²) in [5.74, 6) is 1.52. The highest BCUT2D eigenvalue weighted by Crippen LogP contribution is 2.30. The van der Waals surface area contributed by atoms with Crippen molar-refractivity contribution in [2.75, 3.05) is 6.54 Å². The zero-order valence-electron chi connectivity index (χ0n) is 11.7. The van der Waals surface area contributed by atoms with Crippen molar-refractivity contribution in [3.8, 4) is 0 Å². The van der Waals surface area contributed by atoms with Gasteiger partial charge in [-0.1, -0.05) is 29.8 Å². The van der Waals surface area contributed by atoms with E-state index in [9.17, 15) is 4.39 Å². The highest BCUT2D eigenvalue weighted by Gasteiger charge is 2.20. The molecule has 2 rings (SSSR count). The van der Waals surface area contributed by atoms with Gasteiger partial charge in [0.25, 0.3) is 0 Å². The third-order valence-corrected chi connectivity index (χ3v) is 3.91. The largest absolute Gasteiger partial charge is 0.464 e. The molecule has 1 aromatic carbocycles. The predicted octanol–water partition coefficient (Wildman–Crippen LogP) is 4.83. The molecule has 1 atom stereocenters. The van der Waals surface area contributed by atoms with Gasteiger partial charge in [-0.3, -0.25) is 0 Å². The molecule has 1 heterocycles. The molecule has 1 N–H and O–H groups in total. The van der Waals surface area contributed by atoms with Crippen molar-refractivity contribution in [3.63, 3.8) is 0 Å². The molecular formula is C16H19BrFNO. The summed E-state index contributed by atoms with van der Waals surface area (Å²) in [6, 6.07) is 8.53. The average molecular weight is 340 g/mol. The van der Waals surface area contributed by atoms with Crippen molar-refractivity contribution in [1.82, 2.24) is 5.32 Å². The topological polar surface area (TPSA) is 25.2 Å². The highest BCUT2D eigenvalue weighted by atomic mass is 79.9. The first-order chi connectivity index (χ1) is 9.65. The fourth-order valence-corrected chi connectivity index (χ4v) is 2.60. The summed E-state index contributed by atoms with van der Waals surface area (Å²) in [7, 11) is 0. The van der Waals surface area contributed by atoms with E-state index < -0.39 is 0 Å². The lowest BCUT2D eigenvalue weighted by atomic mass is 10.0. The molecular weight excluding hydrogens is 321 g/mol. The minimum absolute atomic E-state index is 0.139. The van der Waals surface area contributed by atoms with E-state index >= 15 is 0 Å². The molecule has 1 aromatic heterocycles. The Morgan fingerprint density at radius 2 is 2.05 bits per heavy atom. The van der Waals surface area contributed by atoms with Crippen LogP contribution in [-0.2, 0) is 6.42 Å². The van der Waals surface area contributed by atoms with E-state index in [4.69, 9.17) is 4.42 Å². The van der Waals surface area contributed by atoms with Crippen molar-refractivity contribution in [1.29, 1.82) is 0 Å². The summed E-state index contributed by atoms with van der Waals surface area (Å²) in [4.78, 5) is 0. The van der Waals surface area contributed by atoms with Gasteiger partial charge in [-0.25, -0.2) is 4.39 Å². The van der Waals surface area contributed by atoms with E-state index in [1.54, 1.807) is 12.1 Å². The summed E-state index contributed by atoms with van der Waals surface area (Å²) in [5, 5.41) is 3.42. The SMILES string of the molecule is CCCNC(c1ccc(CC)o1)c1cc(F)ccc1Br. The molecule has 2 nitrogen and oxygen atoms in total. The molecule has 0 radical (unpaired) electrons. The van der Waals surface area contributed by atoms with Gasteiger partial charge in [0.2, 0.25) is 0 Å². The maximum Gasteiger partial charge on any atom is 0.125 e. The maximum absolute atomic E-state index is 13.5. The molecule has 0 saturated carbocycles. The first kappa shape index (κ1) is 15.3. The van der Waals surface area contributed by atoms with E-state index in [1.165, 1.54) is 6.07 Å². The lowest BCUT2D eigenvalue weighted by molar-refractivity contribution is 0.420. The second kappa shape index (κ2) is 7.04. The van der Waals surface area contributed by atoms with Crippen LogP contribution in [0, 0.1) is 5.82 Å². The first-order valence-electron chi connectivity index (χ1n) is 6.92. The minimum atomic E-state index is -0.242. The van der Waals surface area contributed by atoms with Crippen LogP contribution in [0.15, 0.2) is 39.2 Å². The van der Waals surface area contributed by atoms with Crippen LogP contribution < -0.4 is 5.32 Å². The molecule has 0 amide bonds. The fourth-order valence-electron chi connectivity index (χ4n) is 2.13. The Hall–Kier alpha value is -1.13. The number of rotatable bonds is 6. The molecule has 0 aliphatic rings. The summed E-state index contributed by atoms with van der Waals surface area (Å²) in [6.07, 6.45) is 1.86. The molecule has 4 heteroatoms. The van der Waals surface area contributed by atoms with Crippen LogP contribution in [0.5, 0.6) is 0 Å². The van der Waals surface area contributed by atoms with Gasteiger partial charge in [-0.2, -0.15) is 0 Å². The van der Waals surface area contributed by atoms with E-state index in [0.29, 0.717) is 0 Å². The van der Waals surface area contributed by atoms with E-state index in [1.807, 2.05) is 12.1 Å². The van der Waals surface area contributed by atoms with Crippen molar-refractivity contribution < 1.29 is 8.81 Å². The average Bonchev–Trinajstić information content (AvgIpc) is 2.92. The molecule has 2 aromatic rings. The monoisotopic (exact) mass is 339 g/mol. The second-order valence-corrected chi connectivity index (χ2v) is 5.56. The van der Waals surface area contributed by atoms with Crippen LogP contribution >= 0.6 is 15.9 Å². The van der Waals surface area contributed by atoms with E-state index in [-0.39, 0.29) is 11.9 Å². The van der Waals surface area contributed by atoms with Gasteiger partial charge in [0, 0.05) is 10.9 Å². The number of hydrogen-bond donors (Lipinski definition) is 1. The number of aryl methyl sites for hydroxylation is 1. The Morgan fingerprint density at radius 3 is 2.70 bits per heavy atom. The van der Waals surface area contributed by atoms with Crippen LogP contribution in [0.3, 0.4) is 0 Å². The van der Waals surface area contributed by atoms with Crippen molar-refractivity contribution in [2.45, 2.75) is 32.7 Å². The number of halogens is 2. The fraction of sp³-hybridized carbons (Fsp3) is 0.375. The number of hydrogen-bond acceptors (Lipinski definition) is 2. The number of nitrogens with one attached hydrogen (secondary N) is 1. The van der Waals surface area contributed by atoms with Crippen LogP contribution in [-0.4, -0.2) is 6.54 Å². The summed E-state index contributed by atoms with van der Waals surface area (Å²) in [6.45, 7) is 5.00. The molecule has 20 heavy (non-hydrogen) atoms. The Balaban J connectivity index is 2.38. The van der Waals surface area contributed by atoms with Gasteiger partial charge >= 0.3 is 0 Å². The van der Waals surface area contributed by atoms with Gasteiger partial charge in [0.15, 0.2) is 0 Å². The standard InChI is InChI=1S/C16H19BrFNO/c1-3-9-19-16(15-8-6-12(4-2)20-15)13-10-11(18)5-7-14(13)17/h5-8,10,16,19H,3-4,9H2,1-2H3. The smallest absolute Gasteiger partial charge is 0.125 e. The molecule has 108 valence electrons. The molecule has 0 aliphatic heterocycles. The van der Waals surface area contributed by atoms with Gasteiger partial charge in [0.05, 0.1) is 6.04 Å². The molecule has 1 unspecified atom stereocenters. The Kier molecular flexibility index (Phi) is 5.38. The van der Waals surface area contributed by atoms with Gasteiger partial charge in [-0.15, -0.1) is 0 Å². The Bertz CT molecular complexity index is 567. The van der Waals surface area contributed by atoms with Crippen LogP contribution in [0.25, 0.3) is 0 Å². The van der Waals surface area contributed by atoms with E-state index in [0.717, 1.165) is 40.9 Å². The van der Waals surface area contributed by atoms with Gasteiger partial charge < -0.3 is 9.73 Å². The third-order valence-electron chi connectivity index (χ3n) is 3.18. The minimum Gasteiger partial charge on any atom is -0.464 e. The normalized spacial score (nSPS) is 12.6. The molecule has 0 aliphatic carbocycles. The molecule has 0 bridgehead atoms. The predicted molar refractivity (Wildman–Crippen MR) is 82.3 cm³/mol. The van der Waals surface area contributed by atoms with Crippen LogP contribution in [0.4, 0.5) is 4.39 Å². The zero-order chi connectivity index (χ0) is 14.5. The van der Waals surface area contributed by atoms with Crippen molar-refractivity contribution in [2.24, 2.45) is 0 Å². The zero-order valence-corrected chi connectivity index (χ0v) is 13.3. The first-order valence-corrected chi connectivity index (χ1v) is 7.72. The third kappa shape index (κ3) is 3.49. The maximum atomic E-state index is 13.5. The Morgan fingerprint density at radius 1 is 1.25 bits per heavy atom. The number of furan rings is 1. The second-order valence-electron chi connectivity index (χ2n) is 4.71. The molecule has 0 fully saturated rings. The lowest BCUT2D eigenvalue weighted by Crippen LogP contribution is -2.23. The van der Waals surface area contributed by atoms with Crippen LogP contribution in [0.2, 0.25) is 0 Å². The highest BCUT2D eigenvalue weighted by molar-refractivity contribution is 9.10. The summed E-state index contributed by atoms with van der Waals surface area (Å²) >= 11 is 3.50. The van der Waals surface area contributed by atoms with Crippen molar-refractivity contribution in [3.05, 3.63) is 57.7 Å². The van der Waals surface area contributed by atoms with E-state index in [2.05, 4.69) is 35.1 Å². The Labute approximate surface area is 127 Å².